The van der Waals surface area contributed by atoms with Crippen LogP contribution in [0.4, 0.5) is 4.79 Å². The molecule has 0 saturated carbocycles. The van der Waals surface area contributed by atoms with Crippen molar-refractivity contribution in [2.45, 2.75) is 26.2 Å². The normalized spacial score (nSPS) is 10.5. The largest absolute Gasteiger partial charge is 0.465 e. The molecule has 1 heterocycles. The number of hydrogen-bond acceptors (Lipinski definition) is 4. The molecule has 0 saturated heterocycles. The van der Waals surface area contributed by atoms with E-state index >= 15 is 0 Å². The fraction of sp³-hybridized carbons (Fsp3) is 0.625. The molecule has 0 radical (unpaired) electrons. The molecule has 1 aromatic rings. The Labute approximate surface area is 81.3 Å². The van der Waals surface area contributed by atoms with Crippen LogP contribution in [0, 0.1) is 0 Å². The van der Waals surface area contributed by atoms with Crippen molar-refractivity contribution >= 4 is 6.09 Å². The lowest BCUT2D eigenvalue weighted by atomic mass is 10.2. The smallest absolute Gasteiger partial charge is 0.404 e. The predicted octanol–water partition coefficient (Wildman–Crippen LogP) is 1.00. The van der Waals surface area contributed by atoms with E-state index in [4.69, 9.17) is 9.63 Å². The van der Waals surface area contributed by atoms with Gasteiger partial charge in [-0.25, -0.2) is 4.79 Å². The highest BCUT2D eigenvalue weighted by atomic mass is 16.5. The van der Waals surface area contributed by atoms with Crippen molar-refractivity contribution in [3.8, 4) is 0 Å². The Morgan fingerprint density at radius 2 is 2.36 bits per heavy atom. The van der Waals surface area contributed by atoms with Crippen LogP contribution in [0.2, 0.25) is 0 Å². The predicted molar refractivity (Wildman–Crippen MR) is 48.1 cm³/mol. The standard InChI is InChI=1S/C8H13N3O3/c1-5(2)7-10-6(11-14-7)3-4-9-8(12)13/h5,9H,3-4H2,1-2H3,(H,12,13). The molecule has 1 amide bonds. The van der Waals surface area contributed by atoms with E-state index in [-0.39, 0.29) is 5.92 Å². The first-order chi connectivity index (χ1) is 6.59. The SMILES string of the molecule is CC(C)c1nc(CCNC(=O)O)no1. The van der Waals surface area contributed by atoms with Crippen molar-refractivity contribution in [2.75, 3.05) is 6.54 Å². The molecule has 0 spiro atoms. The zero-order chi connectivity index (χ0) is 10.6. The lowest BCUT2D eigenvalue weighted by molar-refractivity contribution is 0.194. The van der Waals surface area contributed by atoms with Gasteiger partial charge in [0.15, 0.2) is 5.82 Å². The first-order valence-electron chi connectivity index (χ1n) is 4.39. The third kappa shape index (κ3) is 3.04. The van der Waals surface area contributed by atoms with Gasteiger partial charge in [-0.15, -0.1) is 0 Å². The Balaban J connectivity index is 2.40. The second-order valence-electron chi connectivity index (χ2n) is 3.19. The van der Waals surface area contributed by atoms with Crippen LogP contribution in [-0.2, 0) is 6.42 Å². The molecule has 6 nitrogen and oxygen atoms in total. The maximum Gasteiger partial charge on any atom is 0.404 e. The van der Waals surface area contributed by atoms with Gasteiger partial charge in [0.2, 0.25) is 5.89 Å². The number of nitrogens with zero attached hydrogens (tertiary/aromatic N) is 2. The van der Waals surface area contributed by atoms with Crippen LogP contribution in [0.5, 0.6) is 0 Å². The number of rotatable bonds is 4. The van der Waals surface area contributed by atoms with Crippen LogP contribution in [-0.4, -0.2) is 27.9 Å². The maximum atomic E-state index is 10.1. The Bertz CT molecular complexity index is 309. The quantitative estimate of drug-likeness (QED) is 0.755. The molecule has 0 bridgehead atoms. The van der Waals surface area contributed by atoms with E-state index in [0.29, 0.717) is 24.7 Å². The summed E-state index contributed by atoms with van der Waals surface area (Å²) < 4.78 is 4.95. The first-order valence-corrected chi connectivity index (χ1v) is 4.39. The molecule has 1 rings (SSSR count). The minimum absolute atomic E-state index is 0.198. The van der Waals surface area contributed by atoms with Crippen LogP contribution >= 0.6 is 0 Å². The maximum absolute atomic E-state index is 10.1. The van der Waals surface area contributed by atoms with Gasteiger partial charge in [0, 0.05) is 18.9 Å². The minimum atomic E-state index is -1.04. The Morgan fingerprint density at radius 3 is 2.86 bits per heavy atom. The van der Waals surface area contributed by atoms with E-state index < -0.39 is 6.09 Å². The summed E-state index contributed by atoms with van der Waals surface area (Å²) in [5, 5.41) is 14.3. The van der Waals surface area contributed by atoms with Gasteiger partial charge in [-0.1, -0.05) is 19.0 Å². The lowest BCUT2D eigenvalue weighted by Gasteiger charge is -1.95. The molecule has 1 aromatic heterocycles. The van der Waals surface area contributed by atoms with Crippen molar-refractivity contribution in [2.24, 2.45) is 0 Å². The van der Waals surface area contributed by atoms with Crippen molar-refractivity contribution in [3.63, 3.8) is 0 Å². The molecular formula is C8H13N3O3. The molecule has 0 atom stereocenters. The summed E-state index contributed by atoms with van der Waals surface area (Å²) in [5.41, 5.74) is 0. The molecule has 0 aromatic carbocycles. The van der Waals surface area contributed by atoms with Gasteiger partial charge < -0.3 is 14.9 Å². The average molecular weight is 199 g/mol. The number of carbonyl (C=O) groups is 1. The molecule has 0 unspecified atom stereocenters. The van der Waals surface area contributed by atoms with E-state index in [1.807, 2.05) is 13.8 Å². The van der Waals surface area contributed by atoms with Crippen LogP contribution in [0.15, 0.2) is 4.52 Å². The molecule has 2 N–H and O–H groups in total. The zero-order valence-corrected chi connectivity index (χ0v) is 8.15. The minimum Gasteiger partial charge on any atom is -0.465 e. The van der Waals surface area contributed by atoms with Gasteiger partial charge in [0.1, 0.15) is 0 Å². The monoisotopic (exact) mass is 199 g/mol. The third-order valence-electron chi connectivity index (χ3n) is 1.60. The van der Waals surface area contributed by atoms with Crippen molar-refractivity contribution in [3.05, 3.63) is 11.7 Å². The number of amides is 1. The number of nitrogens with one attached hydrogen (secondary N) is 1. The van der Waals surface area contributed by atoms with Gasteiger partial charge >= 0.3 is 6.09 Å². The van der Waals surface area contributed by atoms with Gasteiger partial charge in [-0.3, -0.25) is 0 Å². The lowest BCUT2D eigenvalue weighted by Crippen LogP contribution is -2.23. The fourth-order valence-electron chi connectivity index (χ4n) is 0.885. The van der Waals surface area contributed by atoms with E-state index in [2.05, 4.69) is 15.5 Å². The molecule has 0 aliphatic heterocycles. The van der Waals surface area contributed by atoms with Crippen molar-refractivity contribution < 1.29 is 14.4 Å². The second kappa shape index (κ2) is 4.59. The van der Waals surface area contributed by atoms with Crippen molar-refractivity contribution in [1.29, 1.82) is 0 Å². The number of carboxylic acid groups (broad SMARTS) is 1. The van der Waals surface area contributed by atoms with E-state index in [0.717, 1.165) is 0 Å². The van der Waals surface area contributed by atoms with Gasteiger partial charge in [0.05, 0.1) is 0 Å². The first kappa shape index (κ1) is 10.5. The summed E-state index contributed by atoms with van der Waals surface area (Å²) in [6.07, 6.45) is -0.597. The molecule has 6 heteroatoms. The molecular weight excluding hydrogens is 186 g/mol. The third-order valence-corrected chi connectivity index (χ3v) is 1.60. The molecule has 0 fully saturated rings. The van der Waals surface area contributed by atoms with Gasteiger partial charge in [-0.2, -0.15) is 4.98 Å². The highest BCUT2D eigenvalue weighted by Gasteiger charge is 2.09. The highest BCUT2D eigenvalue weighted by molar-refractivity contribution is 5.64. The van der Waals surface area contributed by atoms with Crippen LogP contribution in [0.3, 0.4) is 0 Å². The molecule has 0 aliphatic carbocycles. The number of aromatic nitrogens is 2. The highest BCUT2D eigenvalue weighted by Crippen LogP contribution is 2.10. The average Bonchev–Trinajstić information content (AvgIpc) is 2.52. The van der Waals surface area contributed by atoms with Crippen molar-refractivity contribution in [1.82, 2.24) is 15.5 Å². The summed E-state index contributed by atoms with van der Waals surface area (Å²) in [7, 11) is 0. The van der Waals surface area contributed by atoms with E-state index in [1.54, 1.807) is 0 Å². The summed E-state index contributed by atoms with van der Waals surface area (Å²) in [6, 6.07) is 0. The topological polar surface area (TPSA) is 88.2 Å². The fourth-order valence-corrected chi connectivity index (χ4v) is 0.885. The molecule has 0 aliphatic rings. The Kier molecular flexibility index (Phi) is 3.44. The Hall–Kier alpha value is -1.59. The van der Waals surface area contributed by atoms with Crippen LogP contribution in [0.1, 0.15) is 31.5 Å². The summed E-state index contributed by atoms with van der Waals surface area (Å²) in [6.45, 7) is 4.20. The zero-order valence-electron chi connectivity index (χ0n) is 8.15. The number of hydrogen-bond donors (Lipinski definition) is 2. The second-order valence-corrected chi connectivity index (χ2v) is 3.19. The summed E-state index contributed by atoms with van der Waals surface area (Å²) in [5.74, 6) is 1.31. The van der Waals surface area contributed by atoms with Gasteiger partial charge in [0.25, 0.3) is 0 Å². The van der Waals surface area contributed by atoms with Gasteiger partial charge in [-0.05, 0) is 0 Å². The molecule has 14 heavy (non-hydrogen) atoms. The summed E-state index contributed by atoms with van der Waals surface area (Å²) in [4.78, 5) is 14.2. The van der Waals surface area contributed by atoms with Crippen LogP contribution in [0.25, 0.3) is 0 Å². The van der Waals surface area contributed by atoms with E-state index in [9.17, 15) is 4.79 Å². The van der Waals surface area contributed by atoms with Crippen LogP contribution < -0.4 is 5.32 Å². The summed E-state index contributed by atoms with van der Waals surface area (Å²) >= 11 is 0. The molecule has 78 valence electrons. The Morgan fingerprint density at radius 1 is 1.64 bits per heavy atom. The van der Waals surface area contributed by atoms with E-state index in [1.165, 1.54) is 0 Å².